The molecule has 1 amide bonds. The minimum Gasteiger partial charge on any atom is -0.321 e. The van der Waals surface area contributed by atoms with E-state index in [1.807, 2.05) is 0 Å². The van der Waals surface area contributed by atoms with Crippen LogP contribution in [0.1, 0.15) is 41.3 Å². The standard InChI is InChI=1S/C22H26F3N3O3S.ClH/c1-14-5-3-4-6-18(14)21(29)27-20-8-7-17(13-19(20)22(23,24)25)32(30,31)28-15(2)16-9-11-26-12-10-16;/h3-8,13,15-16,26,28H,9-12H2,1-2H3,(H,27,29);1H/t15-;/m1./s1. The summed E-state index contributed by atoms with van der Waals surface area (Å²) in [7, 11) is -4.18. The highest BCUT2D eigenvalue weighted by Crippen LogP contribution is 2.36. The summed E-state index contributed by atoms with van der Waals surface area (Å²) in [4.78, 5) is 12.0. The molecule has 3 N–H and O–H groups in total. The summed E-state index contributed by atoms with van der Waals surface area (Å²) in [6.07, 6.45) is -3.30. The molecule has 2 aromatic carbocycles. The lowest BCUT2D eigenvalue weighted by molar-refractivity contribution is -0.137. The van der Waals surface area contributed by atoms with Crippen LogP contribution in [-0.2, 0) is 16.2 Å². The van der Waals surface area contributed by atoms with Gasteiger partial charge in [-0.2, -0.15) is 13.2 Å². The highest BCUT2D eigenvalue weighted by atomic mass is 35.5. The smallest absolute Gasteiger partial charge is 0.321 e. The Morgan fingerprint density at radius 3 is 2.36 bits per heavy atom. The fraction of sp³-hybridized carbons (Fsp3) is 0.409. The number of nitrogens with one attached hydrogen (secondary N) is 3. The minimum atomic E-state index is -4.86. The van der Waals surface area contributed by atoms with Gasteiger partial charge >= 0.3 is 6.18 Å². The second kappa shape index (κ2) is 10.9. The van der Waals surface area contributed by atoms with Crippen LogP contribution in [0.15, 0.2) is 47.4 Å². The molecular formula is C22H27ClF3N3O3S. The molecule has 6 nitrogen and oxygen atoms in total. The summed E-state index contributed by atoms with van der Waals surface area (Å²) in [5.41, 5.74) is -0.892. The Morgan fingerprint density at radius 1 is 1.12 bits per heavy atom. The number of amides is 1. The second-order valence-corrected chi connectivity index (χ2v) is 9.69. The van der Waals surface area contributed by atoms with Gasteiger partial charge in [0.2, 0.25) is 10.0 Å². The zero-order chi connectivity index (χ0) is 23.5. The Hall–Kier alpha value is -2.14. The summed E-state index contributed by atoms with van der Waals surface area (Å²) < 4.78 is 69.3. The van der Waals surface area contributed by atoms with Gasteiger partial charge in [0, 0.05) is 11.6 Å². The van der Waals surface area contributed by atoms with Gasteiger partial charge in [-0.1, -0.05) is 18.2 Å². The molecule has 0 bridgehead atoms. The Bertz CT molecular complexity index is 1090. The van der Waals surface area contributed by atoms with Crippen LogP contribution in [0.5, 0.6) is 0 Å². The molecule has 0 saturated carbocycles. The molecule has 0 radical (unpaired) electrons. The van der Waals surface area contributed by atoms with E-state index in [1.54, 1.807) is 32.0 Å². The van der Waals surface area contributed by atoms with Crippen molar-refractivity contribution >= 4 is 34.0 Å². The molecule has 0 aliphatic carbocycles. The first-order chi connectivity index (χ1) is 15.0. The third kappa shape index (κ3) is 6.69. The minimum absolute atomic E-state index is 0. The van der Waals surface area contributed by atoms with Crippen LogP contribution in [0.3, 0.4) is 0 Å². The van der Waals surface area contributed by atoms with E-state index in [2.05, 4.69) is 15.4 Å². The first kappa shape index (κ1) is 27.1. The number of carbonyl (C=O) groups is 1. The van der Waals surface area contributed by atoms with E-state index in [1.165, 1.54) is 6.07 Å². The van der Waals surface area contributed by atoms with Crippen molar-refractivity contribution in [3.63, 3.8) is 0 Å². The average Bonchev–Trinajstić information content (AvgIpc) is 2.73. The number of hydrogen-bond donors (Lipinski definition) is 3. The molecule has 1 heterocycles. The van der Waals surface area contributed by atoms with Crippen LogP contribution in [-0.4, -0.2) is 33.5 Å². The van der Waals surface area contributed by atoms with Crippen molar-refractivity contribution in [1.82, 2.24) is 10.0 Å². The van der Waals surface area contributed by atoms with Crippen LogP contribution < -0.4 is 15.4 Å². The maximum Gasteiger partial charge on any atom is 0.418 e. The van der Waals surface area contributed by atoms with Crippen molar-refractivity contribution < 1.29 is 26.4 Å². The number of piperidine rings is 1. The Labute approximate surface area is 197 Å². The van der Waals surface area contributed by atoms with Crippen molar-refractivity contribution in [1.29, 1.82) is 0 Å². The number of carbonyl (C=O) groups excluding carboxylic acids is 1. The van der Waals surface area contributed by atoms with E-state index in [4.69, 9.17) is 0 Å². The van der Waals surface area contributed by atoms with Gasteiger partial charge < -0.3 is 10.6 Å². The summed E-state index contributed by atoms with van der Waals surface area (Å²) >= 11 is 0. The van der Waals surface area contributed by atoms with Gasteiger partial charge in [0.05, 0.1) is 16.1 Å². The number of rotatable bonds is 6. The number of hydrogen-bond acceptors (Lipinski definition) is 4. The summed E-state index contributed by atoms with van der Waals surface area (Å²) in [6, 6.07) is 8.68. The zero-order valence-corrected chi connectivity index (χ0v) is 19.8. The van der Waals surface area contributed by atoms with Crippen molar-refractivity contribution in [3.05, 3.63) is 59.2 Å². The van der Waals surface area contributed by atoms with E-state index in [9.17, 15) is 26.4 Å². The van der Waals surface area contributed by atoms with Crippen LogP contribution in [0.4, 0.5) is 18.9 Å². The number of benzene rings is 2. The third-order valence-corrected chi connectivity index (χ3v) is 7.23. The molecule has 1 aliphatic rings. The first-order valence-electron chi connectivity index (χ1n) is 10.3. The quantitative estimate of drug-likeness (QED) is 0.544. The fourth-order valence-electron chi connectivity index (χ4n) is 3.80. The maximum atomic E-state index is 13.7. The van der Waals surface area contributed by atoms with Crippen molar-refractivity contribution in [2.24, 2.45) is 5.92 Å². The first-order valence-corrected chi connectivity index (χ1v) is 11.8. The molecule has 0 spiro atoms. The number of aryl methyl sites for hydroxylation is 1. The monoisotopic (exact) mass is 505 g/mol. The van der Waals surface area contributed by atoms with Crippen molar-refractivity contribution in [2.75, 3.05) is 18.4 Å². The molecular weight excluding hydrogens is 479 g/mol. The average molecular weight is 506 g/mol. The van der Waals surface area contributed by atoms with Crippen LogP contribution >= 0.6 is 12.4 Å². The molecule has 1 aliphatic heterocycles. The lowest BCUT2D eigenvalue weighted by Crippen LogP contribution is -2.42. The van der Waals surface area contributed by atoms with Gasteiger partial charge in [0.25, 0.3) is 5.91 Å². The van der Waals surface area contributed by atoms with Gasteiger partial charge in [0.1, 0.15) is 0 Å². The zero-order valence-electron chi connectivity index (χ0n) is 18.2. The molecule has 3 rings (SSSR count). The second-order valence-electron chi connectivity index (χ2n) is 7.97. The van der Waals surface area contributed by atoms with Gasteiger partial charge in [-0.3, -0.25) is 4.79 Å². The molecule has 11 heteroatoms. The van der Waals surface area contributed by atoms with Crippen LogP contribution in [0.2, 0.25) is 0 Å². The Morgan fingerprint density at radius 2 is 1.76 bits per heavy atom. The molecule has 1 fully saturated rings. The number of anilines is 1. The van der Waals surface area contributed by atoms with Gasteiger partial charge in [-0.15, -0.1) is 12.4 Å². The predicted molar refractivity (Wildman–Crippen MR) is 123 cm³/mol. The highest BCUT2D eigenvalue weighted by Gasteiger charge is 2.36. The summed E-state index contributed by atoms with van der Waals surface area (Å²) in [5.74, 6) is -0.609. The number of halogens is 4. The number of sulfonamides is 1. The molecule has 1 saturated heterocycles. The molecule has 0 aromatic heterocycles. The molecule has 2 aromatic rings. The maximum absolute atomic E-state index is 13.7. The van der Waals surface area contributed by atoms with Crippen molar-refractivity contribution in [3.8, 4) is 0 Å². The summed E-state index contributed by atoms with van der Waals surface area (Å²) in [5, 5.41) is 5.45. The lowest BCUT2D eigenvalue weighted by Gasteiger charge is -2.28. The topological polar surface area (TPSA) is 87.3 Å². The van der Waals surface area contributed by atoms with E-state index in [0.717, 1.165) is 38.1 Å². The van der Waals surface area contributed by atoms with E-state index in [-0.39, 0.29) is 23.9 Å². The van der Waals surface area contributed by atoms with Crippen LogP contribution in [0.25, 0.3) is 0 Å². The SMILES string of the molecule is Cc1ccccc1C(=O)Nc1ccc(S(=O)(=O)N[C@H](C)C2CCNCC2)cc1C(F)(F)F.Cl. The van der Waals surface area contributed by atoms with Gasteiger partial charge in [0.15, 0.2) is 0 Å². The number of alkyl halides is 3. The molecule has 0 unspecified atom stereocenters. The Kier molecular flexibility index (Phi) is 8.92. The third-order valence-electron chi connectivity index (χ3n) is 5.68. The van der Waals surface area contributed by atoms with Gasteiger partial charge in [-0.25, -0.2) is 13.1 Å². The van der Waals surface area contributed by atoms with E-state index < -0.39 is 44.3 Å². The highest BCUT2D eigenvalue weighted by molar-refractivity contribution is 7.89. The van der Waals surface area contributed by atoms with Crippen molar-refractivity contribution in [2.45, 2.75) is 43.8 Å². The molecule has 33 heavy (non-hydrogen) atoms. The lowest BCUT2D eigenvalue weighted by atomic mass is 9.92. The van der Waals surface area contributed by atoms with E-state index >= 15 is 0 Å². The fourth-order valence-corrected chi connectivity index (χ4v) is 5.14. The van der Waals surface area contributed by atoms with Gasteiger partial charge in [-0.05, 0) is 75.5 Å². The summed E-state index contributed by atoms with van der Waals surface area (Å²) in [6.45, 7) is 4.92. The molecule has 182 valence electrons. The van der Waals surface area contributed by atoms with E-state index in [0.29, 0.717) is 11.6 Å². The largest absolute Gasteiger partial charge is 0.418 e. The predicted octanol–water partition coefficient (Wildman–Crippen LogP) is 4.35. The molecule has 1 atom stereocenters. The van der Waals surface area contributed by atoms with Crippen LogP contribution in [0, 0.1) is 12.8 Å². The normalized spacial score (nSPS) is 16.0. The Balaban J connectivity index is 0.00000385.